The van der Waals surface area contributed by atoms with Gasteiger partial charge >= 0.3 is 0 Å². The number of fused-ring (bicyclic) bond motifs is 11. The lowest BCUT2D eigenvalue weighted by atomic mass is 9.86. The predicted molar refractivity (Wildman–Crippen MR) is 390 cm³/mol. The molecule has 0 aliphatic carbocycles. The normalized spacial score (nSPS) is 13.1. The molecule has 8 aromatic carbocycles. The van der Waals surface area contributed by atoms with E-state index < -0.39 is 32.3 Å². The third-order valence-electron chi connectivity index (χ3n) is 21.8. The highest BCUT2D eigenvalue weighted by Crippen LogP contribution is 2.50. The monoisotopic (exact) mass is 1190 g/mol. The van der Waals surface area contributed by atoms with Gasteiger partial charge in [0.25, 0.3) is 0 Å². The largest absolute Gasteiger partial charge is 0.456 e. The van der Waals surface area contributed by atoms with Crippen LogP contribution in [0.25, 0.3) is 86.6 Å². The highest BCUT2D eigenvalue weighted by Gasteiger charge is 2.45. The Bertz CT molecular complexity index is 3970. The number of hydrogen-bond acceptors (Lipinski definition) is 1. The van der Waals surface area contributed by atoms with Crippen LogP contribution in [0.2, 0.25) is 66.5 Å². The third-order valence-corrected chi connectivity index (χ3v) is 46.9. The molecule has 5 heteroatoms. The van der Waals surface area contributed by atoms with Crippen LogP contribution in [-0.4, -0.2) is 32.3 Å². The molecule has 0 spiro atoms. The average molecular weight is 1190 g/mol. The second-order valence-electron chi connectivity index (χ2n) is 29.4. The molecule has 0 fully saturated rings. The van der Waals surface area contributed by atoms with E-state index in [1.807, 2.05) is 0 Å². The van der Waals surface area contributed by atoms with Crippen molar-refractivity contribution in [3.8, 4) is 45.9 Å². The molecule has 1 aromatic heterocycles. The molecule has 0 saturated heterocycles. The first kappa shape index (κ1) is 63.7. The first-order valence-electron chi connectivity index (χ1n) is 32.8. The van der Waals surface area contributed by atoms with Crippen molar-refractivity contribution in [2.24, 2.45) is 0 Å². The number of rotatable bonds is 12. The SMILES string of the molecule is CC(C)[Si](C#Cc1c2cc3ccccc3cc2c(C#C[Si](C(C)C)(C(C)C)C(C)C)c2c1ccc1oc3ccc4c(C#C[Si](C(C)C)(C(C)C)C(C)C)c5cc6ccccc6cc5c(C#C[Si](C(C)C)(C(C)C)C(C)C)c4c3c12)(C(C)C)C(C)C. The summed E-state index contributed by atoms with van der Waals surface area (Å²) >= 11 is 0. The van der Waals surface area contributed by atoms with E-state index in [-0.39, 0.29) is 0 Å². The van der Waals surface area contributed by atoms with Gasteiger partial charge in [0.15, 0.2) is 0 Å². The van der Waals surface area contributed by atoms with Crippen molar-refractivity contribution in [2.45, 2.75) is 233 Å². The van der Waals surface area contributed by atoms with Gasteiger partial charge < -0.3 is 4.42 Å². The van der Waals surface area contributed by atoms with Gasteiger partial charge in [-0.2, -0.15) is 0 Å². The van der Waals surface area contributed by atoms with Crippen LogP contribution >= 0.6 is 0 Å². The van der Waals surface area contributed by atoms with Gasteiger partial charge in [-0.3, -0.25) is 0 Å². The summed E-state index contributed by atoms with van der Waals surface area (Å²) in [5.74, 6) is 16.8. The molecule has 442 valence electrons. The summed E-state index contributed by atoms with van der Waals surface area (Å²) in [7, 11) is -9.03. The lowest BCUT2D eigenvalue weighted by molar-refractivity contribution is 0.669. The summed E-state index contributed by atoms with van der Waals surface area (Å²) in [4.78, 5) is 0. The Labute approximate surface area is 517 Å². The van der Waals surface area contributed by atoms with Crippen molar-refractivity contribution < 1.29 is 4.42 Å². The summed E-state index contributed by atoms with van der Waals surface area (Å²) in [6, 6.07) is 36.8. The van der Waals surface area contributed by atoms with E-state index in [2.05, 4.69) is 309 Å². The van der Waals surface area contributed by atoms with E-state index in [9.17, 15) is 0 Å². The van der Waals surface area contributed by atoms with Crippen molar-refractivity contribution >= 4 is 119 Å². The molecular formula is C80H100OSi4. The Morgan fingerprint density at radius 3 is 0.682 bits per heavy atom. The maximum absolute atomic E-state index is 7.42. The van der Waals surface area contributed by atoms with Crippen LogP contribution in [0, 0.1) is 45.9 Å². The smallest absolute Gasteiger partial charge is 0.146 e. The number of furan rings is 1. The Kier molecular flexibility index (Phi) is 18.0. The zero-order chi connectivity index (χ0) is 62.2. The van der Waals surface area contributed by atoms with Crippen LogP contribution in [0.5, 0.6) is 0 Å². The van der Waals surface area contributed by atoms with Crippen molar-refractivity contribution in [2.75, 3.05) is 0 Å². The molecule has 0 unspecified atom stereocenters. The first-order valence-corrected chi connectivity index (χ1v) is 41.7. The van der Waals surface area contributed by atoms with E-state index in [0.29, 0.717) is 66.5 Å². The fourth-order valence-electron chi connectivity index (χ4n) is 17.7. The average Bonchev–Trinajstić information content (AvgIpc) is 1.72. The van der Waals surface area contributed by atoms with E-state index in [4.69, 9.17) is 4.42 Å². The lowest BCUT2D eigenvalue weighted by Gasteiger charge is -2.38. The standard InChI is InChI=1S/C80H100OSi4/c1-49(2)82(50(3)4,51(5)6)41-37-65-67-33-35-75-79(77(67)69(39-43-84(55(13)14,56(15)16)57(17)18)73-47-63-31-27-25-29-61(63)45-71(65)73)80-76(81-75)36-34-68-66(38-42-83(52(7)8,53(9)10)54(11)12)72-46-62-30-26-28-32-64(62)48-74(72)70(78(68)80)40-44-85(58(19)20,59(21)22)60(23)24/h25-36,45-60H,1-24H3. The molecule has 0 amide bonds. The molecule has 0 bridgehead atoms. The van der Waals surface area contributed by atoms with Gasteiger partial charge in [-0.05, 0) is 158 Å². The molecule has 0 aliphatic heterocycles. The molecule has 0 N–H and O–H groups in total. The summed E-state index contributed by atoms with van der Waals surface area (Å²) < 4.78 is 7.42. The molecule has 0 radical (unpaired) electrons. The van der Waals surface area contributed by atoms with Gasteiger partial charge in [0.05, 0.1) is 0 Å². The second kappa shape index (κ2) is 24.1. The van der Waals surface area contributed by atoms with Gasteiger partial charge in [-0.1, -0.05) is 238 Å². The Morgan fingerprint density at radius 1 is 0.247 bits per heavy atom. The molecule has 9 aromatic rings. The Hall–Kier alpha value is -5.77. The molecule has 9 rings (SSSR count). The topological polar surface area (TPSA) is 13.1 Å². The molecule has 0 atom stereocenters. The number of hydrogen-bond donors (Lipinski definition) is 0. The first-order chi connectivity index (χ1) is 40.0. The molecule has 0 saturated carbocycles. The van der Waals surface area contributed by atoms with E-state index >= 15 is 0 Å². The predicted octanol–water partition coefficient (Wildman–Crippen LogP) is 24.8. The van der Waals surface area contributed by atoms with E-state index in [0.717, 1.165) is 76.5 Å². The second-order valence-corrected chi connectivity index (χ2v) is 51.7. The van der Waals surface area contributed by atoms with Crippen LogP contribution < -0.4 is 0 Å². The molecule has 0 aliphatic rings. The van der Waals surface area contributed by atoms with Crippen LogP contribution in [-0.2, 0) is 0 Å². The van der Waals surface area contributed by atoms with E-state index in [1.165, 1.54) is 32.3 Å². The van der Waals surface area contributed by atoms with Crippen molar-refractivity contribution in [3.63, 3.8) is 0 Å². The van der Waals surface area contributed by atoms with Gasteiger partial charge in [-0.25, -0.2) is 0 Å². The zero-order valence-corrected chi connectivity index (χ0v) is 60.6. The minimum Gasteiger partial charge on any atom is -0.456 e. The Balaban J connectivity index is 1.67. The fraction of sp³-hybridized carbons (Fsp3) is 0.450. The third kappa shape index (κ3) is 10.3. The fourth-order valence-corrected chi connectivity index (χ4v) is 38.5. The summed E-state index contributed by atoms with van der Waals surface area (Å²) in [6.45, 7) is 58.4. The molecule has 1 heterocycles. The molecule has 85 heavy (non-hydrogen) atoms. The van der Waals surface area contributed by atoms with Crippen LogP contribution in [0.4, 0.5) is 0 Å². The van der Waals surface area contributed by atoms with Crippen LogP contribution in [0.15, 0.2) is 101 Å². The van der Waals surface area contributed by atoms with Crippen LogP contribution in [0.1, 0.15) is 188 Å². The highest BCUT2D eigenvalue weighted by atomic mass is 28.3. The molecule has 1 nitrogen and oxygen atoms in total. The Morgan fingerprint density at radius 2 is 0.459 bits per heavy atom. The maximum Gasteiger partial charge on any atom is 0.146 e. The molecular weight excluding hydrogens is 1090 g/mol. The van der Waals surface area contributed by atoms with E-state index in [1.54, 1.807) is 0 Å². The minimum absolute atomic E-state index is 0.454. The van der Waals surface area contributed by atoms with Crippen molar-refractivity contribution in [1.82, 2.24) is 0 Å². The maximum atomic E-state index is 7.42. The summed E-state index contributed by atoms with van der Waals surface area (Å²) in [5.41, 5.74) is 28.9. The highest BCUT2D eigenvalue weighted by molar-refractivity contribution is 6.92. The van der Waals surface area contributed by atoms with Gasteiger partial charge in [0.1, 0.15) is 43.5 Å². The van der Waals surface area contributed by atoms with Crippen molar-refractivity contribution in [3.05, 3.63) is 119 Å². The minimum atomic E-state index is -2.29. The van der Waals surface area contributed by atoms with Crippen molar-refractivity contribution in [1.29, 1.82) is 0 Å². The van der Waals surface area contributed by atoms with Gasteiger partial charge in [0.2, 0.25) is 0 Å². The summed E-state index contributed by atoms with van der Waals surface area (Å²) in [5, 5.41) is 16.3. The summed E-state index contributed by atoms with van der Waals surface area (Å²) in [6.07, 6.45) is 0. The van der Waals surface area contributed by atoms with Crippen LogP contribution in [0.3, 0.4) is 0 Å². The lowest BCUT2D eigenvalue weighted by Crippen LogP contribution is -2.43. The van der Waals surface area contributed by atoms with Gasteiger partial charge in [-0.15, -0.1) is 22.2 Å². The zero-order valence-electron chi connectivity index (χ0n) is 56.6. The van der Waals surface area contributed by atoms with Gasteiger partial charge in [0, 0.05) is 54.6 Å². The quantitative estimate of drug-likeness (QED) is 0.0675. The number of benzene rings is 8.